The molecule has 0 saturated carbocycles. The third kappa shape index (κ3) is 4.90. The Kier molecular flexibility index (Phi) is 7.39. The highest BCUT2D eigenvalue weighted by Crippen LogP contribution is 2.35. The van der Waals surface area contributed by atoms with Crippen molar-refractivity contribution in [2.75, 3.05) is 64.7 Å². The van der Waals surface area contributed by atoms with Gasteiger partial charge in [-0.2, -0.15) is 0 Å². The van der Waals surface area contributed by atoms with E-state index in [1.807, 2.05) is 0 Å². The number of nitrogens with zero attached hydrogens (tertiary/aromatic N) is 4. The Labute approximate surface area is 273 Å². The summed E-state index contributed by atoms with van der Waals surface area (Å²) in [6, 6.07) is 10.6. The van der Waals surface area contributed by atoms with Gasteiger partial charge in [0.15, 0.2) is 27.8 Å². The van der Waals surface area contributed by atoms with E-state index in [0.29, 0.717) is 42.3 Å². The Morgan fingerprint density at radius 3 is 2.33 bits per heavy atom. The predicted molar refractivity (Wildman–Crippen MR) is 185 cm³/mol. The number of likely N-dealkylation sites (tertiary alicyclic amines) is 1. The predicted octanol–water partition coefficient (Wildman–Crippen LogP) is 3.03. The number of nitrogens with two attached hydrogens (primary N) is 1. The molecule has 4 heterocycles. The van der Waals surface area contributed by atoms with Crippen molar-refractivity contribution in [1.29, 1.82) is 0 Å². The van der Waals surface area contributed by atoms with E-state index in [4.69, 9.17) is 10.2 Å². The van der Waals surface area contributed by atoms with E-state index in [1.165, 1.54) is 17.2 Å². The Morgan fingerprint density at radius 1 is 0.938 bits per heavy atom. The second-order valence-electron chi connectivity index (χ2n) is 13.1. The number of carbonyl (C=O) groups is 1. The van der Waals surface area contributed by atoms with Gasteiger partial charge in [0.2, 0.25) is 5.43 Å². The summed E-state index contributed by atoms with van der Waals surface area (Å²) in [4.78, 5) is 61.0. The highest BCUT2D eigenvalue weighted by Gasteiger charge is 2.29. The first-order valence-electron chi connectivity index (χ1n) is 16.4. The molecule has 6 aromatic rings. The number of carbonyl (C=O) groups excluding carboxylic acids is 1. The molecule has 48 heavy (non-hydrogen) atoms. The summed E-state index contributed by atoms with van der Waals surface area (Å²) in [6.45, 7) is 5.93. The average Bonchev–Trinajstić information content (AvgIpc) is 3.53. The molecule has 1 unspecified atom stereocenters. The first-order chi connectivity index (χ1) is 23.2. The van der Waals surface area contributed by atoms with Crippen LogP contribution >= 0.6 is 0 Å². The second-order valence-corrected chi connectivity index (χ2v) is 13.1. The number of fused-ring (bicyclic) bond motifs is 4. The smallest absolute Gasteiger partial charge is 0.259 e. The van der Waals surface area contributed by atoms with E-state index < -0.39 is 17.2 Å². The quantitative estimate of drug-likeness (QED) is 0.159. The van der Waals surface area contributed by atoms with E-state index in [-0.39, 0.29) is 61.0 Å². The lowest BCUT2D eigenvalue weighted by atomic mass is 10.0. The zero-order valence-corrected chi connectivity index (χ0v) is 26.6. The van der Waals surface area contributed by atoms with Crippen molar-refractivity contribution in [2.24, 2.45) is 5.73 Å². The van der Waals surface area contributed by atoms with Gasteiger partial charge >= 0.3 is 0 Å². The lowest BCUT2D eigenvalue weighted by molar-refractivity contribution is 0.0789. The molecule has 2 aromatic heterocycles. The van der Waals surface area contributed by atoms with Gasteiger partial charge in [0, 0.05) is 79.6 Å². The van der Waals surface area contributed by atoms with E-state index >= 15 is 4.39 Å². The van der Waals surface area contributed by atoms with Gasteiger partial charge in [-0.3, -0.25) is 19.2 Å². The Hall–Kier alpha value is -4.91. The van der Waals surface area contributed by atoms with Crippen molar-refractivity contribution in [2.45, 2.75) is 18.9 Å². The zero-order chi connectivity index (χ0) is 33.3. The summed E-state index contributed by atoms with van der Waals surface area (Å²) in [5.74, 6) is -1.20. The van der Waals surface area contributed by atoms with Gasteiger partial charge in [-0.25, -0.2) is 4.39 Å². The third-order valence-corrected chi connectivity index (χ3v) is 9.96. The minimum atomic E-state index is -0.699. The monoisotopic (exact) mass is 650 g/mol. The molecule has 2 saturated heterocycles. The summed E-state index contributed by atoms with van der Waals surface area (Å²) < 4.78 is 24.0. The number of nitrogens with one attached hydrogen (secondary N) is 1. The number of amides is 1. The summed E-state index contributed by atoms with van der Waals surface area (Å²) in [5, 5.41) is 4.10. The molecule has 1 atom stereocenters. The number of piperazine rings is 1. The first kappa shape index (κ1) is 30.4. The minimum Gasteiger partial charge on any atom is -0.451 e. The molecule has 2 fully saturated rings. The number of hydrogen-bond donors (Lipinski definition) is 2. The number of anilines is 1. The maximum Gasteiger partial charge on any atom is 0.259 e. The maximum atomic E-state index is 16.0. The summed E-state index contributed by atoms with van der Waals surface area (Å²) in [5.41, 5.74) is 5.60. The Morgan fingerprint density at radius 2 is 1.65 bits per heavy atom. The van der Waals surface area contributed by atoms with Crippen molar-refractivity contribution in [3.05, 3.63) is 90.7 Å². The molecule has 0 radical (unpaired) electrons. The van der Waals surface area contributed by atoms with E-state index in [0.717, 1.165) is 45.2 Å². The van der Waals surface area contributed by atoms with Crippen LogP contribution in [0.5, 0.6) is 0 Å². The third-order valence-electron chi connectivity index (χ3n) is 9.96. The number of likely N-dealkylation sites (N-methyl/N-ethyl adjacent to an activating group) is 1. The van der Waals surface area contributed by atoms with Crippen molar-refractivity contribution in [3.8, 4) is 0 Å². The molecule has 246 valence electrons. The van der Waals surface area contributed by atoms with E-state index in [9.17, 15) is 19.2 Å². The maximum absolute atomic E-state index is 16.0. The van der Waals surface area contributed by atoms with Crippen LogP contribution < -0.4 is 27.3 Å². The Balaban J connectivity index is 1.33. The van der Waals surface area contributed by atoms with Gasteiger partial charge in [0.05, 0.1) is 10.9 Å². The molecule has 2 aliphatic heterocycles. The summed E-state index contributed by atoms with van der Waals surface area (Å²) in [7, 11) is 2.11. The van der Waals surface area contributed by atoms with Crippen LogP contribution in [0.2, 0.25) is 0 Å². The molecule has 8 rings (SSSR count). The van der Waals surface area contributed by atoms with Gasteiger partial charge in [-0.05, 0) is 44.6 Å². The first-order valence-corrected chi connectivity index (χ1v) is 16.4. The molecule has 3 N–H and O–H groups in total. The van der Waals surface area contributed by atoms with Crippen LogP contribution in [-0.4, -0.2) is 90.5 Å². The molecule has 12 heteroatoms. The van der Waals surface area contributed by atoms with Gasteiger partial charge in [0.1, 0.15) is 16.8 Å². The van der Waals surface area contributed by atoms with E-state index in [1.54, 1.807) is 34.7 Å². The van der Waals surface area contributed by atoms with E-state index in [2.05, 4.69) is 22.2 Å². The van der Waals surface area contributed by atoms with Crippen LogP contribution in [0.15, 0.2) is 67.5 Å². The fraction of sp³-hybridized carbons (Fsp3) is 0.333. The normalized spacial score (nSPS) is 17.9. The average molecular weight is 651 g/mol. The van der Waals surface area contributed by atoms with Gasteiger partial charge < -0.3 is 34.6 Å². The molecule has 0 spiro atoms. The Bertz CT molecular complexity index is 2450. The fourth-order valence-corrected chi connectivity index (χ4v) is 7.26. The van der Waals surface area contributed by atoms with Gasteiger partial charge in [0.25, 0.3) is 5.91 Å². The van der Waals surface area contributed by atoms with Crippen LogP contribution in [0.25, 0.3) is 49.1 Å². The molecule has 0 aliphatic carbocycles. The number of halogens is 1. The molecule has 0 bridgehead atoms. The lowest BCUT2D eigenvalue weighted by Gasteiger charge is -2.32. The van der Waals surface area contributed by atoms with Gasteiger partial charge in [-0.15, -0.1) is 0 Å². The van der Waals surface area contributed by atoms with Crippen LogP contribution in [-0.2, 0) is 0 Å². The molecule has 4 aromatic carbocycles. The molecular formula is C36H35FN6O5. The summed E-state index contributed by atoms with van der Waals surface area (Å²) in [6.07, 6.45) is 2.79. The number of pyridine rings is 1. The molecule has 11 nitrogen and oxygen atoms in total. The number of aromatic nitrogens is 1. The standard InChI is InChI=1S/C36H35FN6O5/c1-40-11-13-41(14-12-40)9-4-8-39-30-27(37)15-25-31-35(30)48-29-17-24-23(32(44)21-5-2-3-6-22(21)33(24)45)16-28(29)43(31)19-26(34(25)46)36(47)42-10-7-20(38)18-42/h2-3,5-6,15-17,19-20,39H,4,7-14,18,38H2,1H3. The zero-order valence-electron chi connectivity index (χ0n) is 26.6. The minimum absolute atomic E-state index is 0.0315. The fourth-order valence-electron chi connectivity index (χ4n) is 7.26. The van der Waals surface area contributed by atoms with Crippen LogP contribution in [0.4, 0.5) is 10.1 Å². The number of rotatable bonds is 6. The number of benzene rings is 4. The van der Waals surface area contributed by atoms with Crippen LogP contribution in [0, 0.1) is 5.82 Å². The number of hydrogen-bond acceptors (Lipinski definition) is 9. The highest BCUT2D eigenvalue weighted by molar-refractivity contribution is 6.08. The van der Waals surface area contributed by atoms with Crippen molar-refractivity contribution in [3.63, 3.8) is 0 Å². The van der Waals surface area contributed by atoms with Crippen molar-refractivity contribution >= 4 is 60.7 Å². The molecule has 2 aliphatic rings. The van der Waals surface area contributed by atoms with Crippen LogP contribution in [0.3, 0.4) is 0 Å². The SMILES string of the molecule is CN1CCN(CCCNc2c(F)cc3c(=O)c(C(=O)N4CCC(N)C4)cn4c5cc6c(=O)c7ccccc7c(=O)c6cc5oc2c34)CC1. The van der Waals surface area contributed by atoms with Gasteiger partial charge in [-0.1, -0.05) is 24.3 Å². The largest absolute Gasteiger partial charge is 0.451 e. The lowest BCUT2D eigenvalue weighted by Crippen LogP contribution is -2.44. The molecule has 1 amide bonds. The van der Waals surface area contributed by atoms with Crippen molar-refractivity contribution in [1.82, 2.24) is 19.1 Å². The molecular weight excluding hydrogens is 615 g/mol. The highest BCUT2D eigenvalue weighted by atomic mass is 19.1. The van der Waals surface area contributed by atoms with Crippen LogP contribution in [0.1, 0.15) is 23.2 Å². The van der Waals surface area contributed by atoms with Crippen molar-refractivity contribution < 1.29 is 13.6 Å². The topological polar surface area (TPSA) is 134 Å². The summed E-state index contributed by atoms with van der Waals surface area (Å²) >= 11 is 0. The second kappa shape index (κ2) is 11.7.